The number of nitrogens with one attached hydrogen (secondary N) is 1. The van der Waals surface area contributed by atoms with Gasteiger partial charge >= 0.3 is 5.97 Å². The van der Waals surface area contributed by atoms with Crippen LogP contribution >= 0.6 is 22.9 Å². The van der Waals surface area contributed by atoms with Crippen molar-refractivity contribution < 1.29 is 23.9 Å². The Hall–Kier alpha value is -3.96. The molecule has 0 bridgehead atoms. The van der Waals surface area contributed by atoms with Crippen molar-refractivity contribution in [2.24, 2.45) is 5.41 Å². The maximum atomic E-state index is 13.2. The molecule has 4 aromatic heterocycles. The van der Waals surface area contributed by atoms with E-state index >= 15 is 0 Å². The van der Waals surface area contributed by atoms with E-state index < -0.39 is 35.0 Å². The van der Waals surface area contributed by atoms with E-state index in [1.54, 1.807) is 26.8 Å². The van der Waals surface area contributed by atoms with Crippen LogP contribution < -0.4 is 10.9 Å². The van der Waals surface area contributed by atoms with Crippen molar-refractivity contribution >= 4 is 46.4 Å². The van der Waals surface area contributed by atoms with Gasteiger partial charge in [-0.25, -0.2) is 4.79 Å². The fourth-order valence-electron chi connectivity index (χ4n) is 3.57. The van der Waals surface area contributed by atoms with Gasteiger partial charge in [0.25, 0.3) is 11.5 Å². The molecule has 0 aliphatic carbocycles. The minimum atomic E-state index is -1.43. The highest BCUT2D eigenvalue weighted by atomic mass is 35.5. The summed E-state index contributed by atoms with van der Waals surface area (Å²) in [5, 5.41) is 17.6. The Morgan fingerprint density at radius 2 is 1.92 bits per heavy atom. The van der Waals surface area contributed by atoms with Crippen LogP contribution in [0.3, 0.4) is 0 Å². The first-order valence-corrected chi connectivity index (χ1v) is 12.3. The molecule has 2 N–H and O–H groups in total. The number of aromatic carboxylic acids is 1. The van der Waals surface area contributed by atoms with Gasteiger partial charge in [-0.3, -0.25) is 19.0 Å². The standard InChI is InChI=1S/C25H23ClN4O6S/c1-25(2,3)24(35)30-20(27-12-14-6-8-19(26)37-14)11-16(28-30)15-7-9-21(32)29(22(15)23(33)34)13-17(31)18-5-4-10-36-18/h4-11,27H,12-13H2,1-3H3,(H,33,34). The summed E-state index contributed by atoms with van der Waals surface area (Å²) in [6, 6.07) is 10.6. The number of nitrogens with zero attached hydrogens (tertiary/aromatic N) is 3. The Morgan fingerprint density at radius 1 is 1.16 bits per heavy atom. The van der Waals surface area contributed by atoms with Gasteiger partial charge < -0.3 is 14.8 Å². The van der Waals surface area contributed by atoms with Crippen LogP contribution in [0.4, 0.5) is 5.82 Å². The average molecular weight is 543 g/mol. The number of pyridine rings is 1. The van der Waals surface area contributed by atoms with Crippen LogP contribution in [0.25, 0.3) is 11.3 Å². The zero-order chi connectivity index (χ0) is 26.9. The second-order valence-electron chi connectivity index (χ2n) is 9.17. The zero-order valence-corrected chi connectivity index (χ0v) is 21.7. The van der Waals surface area contributed by atoms with Gasteiger partial charge in [-0.15, -0.1) is 11.3 Å². The molecule has 0 atom stereocenters. The van der Waals surface area contributed by atoms with Crippen LogP contribution in [0.5, 0.6) is 0 Å². The largest absolute Gasteiger partial charge is 0.477 e. The van der Waals surface area contributed by atoms with E-state index in [1.165, 1.54) is 46.5 Å². The topological polar surface area (TPSA) is 136 Å². The van der Waals surface area contributed by atoms with Crippen LogP contribution in [-0.4, -0.2) is 37.1 Å². The summed E-state index contributed by atoms with van der Waals surface area (Å²) < 4.78 is 7.74. The number of hydrogen-bond acceptors (Lipinski definition) is 8. The molecule has 0 unspecified atom stereocenters. The molecule has 0 amide bonds. The Kier molecular flexibility index (Phi) is 7.19. The lowest BCUT2D eigenvalue weighted by Crippen LogP contribution is -2.30. The highest BCUT2D eigenvalue weighted by Crippen LogP contribution is 2.29. The molecule has 192 valence electrons. The molecule has 10 nitrogen and oxygen atoms in total. The van der Waals surface area contributed by atoms with Crippen LogP contribution in [0.2, 0.25) is 4.34 Å². The van der Waals surface area contributed by atoms with Crippen molar-refractivity contribution in [2.45, 2.75) is 33.9 Å². The third-order valence-electron chi connectivity index (χ3n) is 5.38. The van der Waals surface area contributed by atoms with Gasteiger partial charge in [0.05, 0.1) is 29.4 Å². The van der Waals surface area contributed by atoms with Gasteiger partial charge in [-0.1, -0.05) is 32.4 Å². The maximum absolute atomic E-state index is 13.2. The zero-order valence-electron chi connectivity index (χ0n) is 20.1. The van der Waals surface area contributed by atoms with Crippen molar-refractivity contribution in [1.82, 2.24) is 14.3 Å². The molecule has 0 aliphatic rings. The fourth-order valence-corrected chi connectivity index (χ4v) is 4.60. The molecule has 0 saturated heterocycles. The number of hydrogen-bond donors (Lipinski definition) is 2. The van der Waals surface area contributed by atoms with Crippen molar-refractivity contribution in [3.05, 3.63) is 79.7 Å². The van der Waals surface area contributed by atoms with E-state index in [0.717, 1.165) is 15.5 Å². The second-order valence-corrected chi connectivity index (χ2v) is 11.0. The SMILES string of the molecule is CC(C)(C)C(=O)n1nc(-c2ccc(=O)n(CC(=O)c3ccco3)c2C(=O)O)cc1NCc1ccc(Cl)s1. The van der Waals surface area contributed by atoms with Crippen LogP contribution in [0.1, 0.15) is 51.5 Å². The first-order chi connectivity index (χ1) is 17.5. The normalized spacial score (nSPS) is 11.5. The number of thiophene rings is 1. The minimum Gasteiger partial charge on any atom is -0.477 e. The number of rotatable bonds is 8. The molecule has 4 aromatic rings. The Balaban J connectivity index is 1.80. The summed E-state index contributed by atoms with van der Waals surface area (Å²) in [4.78, 5) is 51.6. The fraction of sp³-hybridized carbons (Fsp3) is 0.240. The third-order valence-corrected chi connectivity index (χ3v) is 6.61. The van der Waals surface area contributed by atoms with Crippen LogP contribution in [0, 0.1) is 5.41 Å². The lowest BCUT2D eigenvalue weighted by atomic mass is 9.96. The first-order valence-electron chi connectivity index (χ1n) is 11.1. The number of ketones is 1. The molecule has 0 saturated carbocycles. The van der Waals surface area contributed by atoms with Gasteiger partial charge in [0.1, 0.15) is 11.5 Å². The molecule has 0 spiro atoms. The van der Waals surface area contributed by atoms with Gasteiger partial charge in [0, 0.05) is 28.0 Å². The highest BCUT2D eigenvalue weighted by molar-refractivity contribution is 7.16. The number of aromatic nitrogens is 3. The molecule has 0 aromatic carbocycles. The smallest absolute Gasteiger partial charge is 0.353 e. The van der Waals surface area contributed by atoms with Crippen molar-refractivity contribution in [2.75, 3.05) is 5.32 Å². The third kappa shape index (κ3) is 5.57. The molecule has 12 heteroatoms. The van der Waals surface area contributed by atoms with E-state index in [2.05, 4.69) is 10.4 Å². The Labute approximate surface area is 220 Å². The van der Waals surface area contributed by atoms with E-state index in [9.17, 15) is 24.3 Å². The molecular formula is C25H23ClN4O6S. The van der Waals surface area contributed by atoms with Crippen molar-refractivity contribution in [3.8, 4) is 11.3 Å². The van der Waals surface area contributed by atoms with Gasteiger partial charge in [-0.05, 0) is 30.3 Å². The van der Waals surface area contributed by atoms with Crippen LogP contribution in [0.15, 0.2) is 57.9 Å². The van der Waals surface area contributed by atoms with Gasteiger partial charge in [-0.2, -0.15) is 9.78 Å². The second kappa shape index (κ2) is 10.2. The van der Waals surface area contributed by atoms with E-state index in [-0.39, 0.29) is 22.9 Å². The van der Waals surface area contributed by atoms with Crippen LogP contribution in [-0.2, 0) is 13.1 Å². The predicted molar refractivity (Wildman–Crippen MR) is 139 cm³/mol. The highest BCUT2D eigenvalue weighted by Gasteiger charge is 2.29. The van der Waals surface area contributed by atoms with E-state index in [4.69, 9.17) is 16.0 Å². The number of Topliss-reactive ketones (excluding diaryl/α,β-unsaturated/α-hetero) is 1. The predicted octanol–water partition coefficient (Wildman–Crippen LogP) is 4.90. The van der Waals surface area contributed by atoms with Gasteiger partial charge in [0.15, 0.2) is 5.76 Å². The van der Waals surface area contributed by atoms with E-state index in [0.29, 0.717) is 16.7 Å². The monoisotopic (exact) mass is 542 g/mol. The molecule has 4 heterocycles. The first kappa shape index (κ1) is 26.1. The number of carboxylic acid groups (broad SMARTS) is 1. The lowest BCUT2D eigenvalue weighted by Gasteiger charge is -2.18. The Bertz CT molecular complexity index is 1540. The number of halogens is 1. The molecule has 4 rings (SSSR count). The van der Waals surface area contributed by atoms with Gasteiger partial charge in [0.2, 0.25) is 5.78 Å². The van der Waals surface area contributed by atoms with Crippen molar-refractivity contribution in [1.29, 1.82) is 0 Å². The lowest BCUT2D eigenvalue weighted by molar-refractivity contribution is 0.0683. The van der Waals surface area contributed by atoms with Crippen molar-refractivity contribution in [3.63, 3.8) is 0 Å². The summed E-state index contributed by atoms with van der Waals surface area (Å²) in [6.07, 6.45) is 1.31. The minimum absolute atomic E-state index is 0.00568. The number of furan rings is 1. The number of carbonyl (C=O) groups excluding carboxylic acids is 2. The molecule has 0 radical (unpaired) electrons. The quantitative estimate of drug-likeness (QED) is 0.300. The average Bonchev–Trinajstić information content (AvgIpc) is 3.58. The number of carbonyl (C=O) groups is 3. The maximum Gasteiger partial charge on any atom is 0.353 e. The summed E-state index contributed by atoms with van der Waals surface area (Å²) >= 11 is 7.39. The molecule has 0 fully saturated rings. The molecule has 0 aliphatic heterocycles. The number of carboxylic acids is 1. The summed E-state index contributed by atoms with van der Waals surface area (Å²) in [5.41, 5.74) is -1.70. The number of anilines is 1. The van der Waals surface area contributed by atoms with E-state index in [1.807, 2.05) is 6.07 Å². The summed E-state index contributed by atoms with van der Waals surface area (Å²) in [6.45, 7) is 5.02. The molecule has 37 heavy (non-hydrogen) atoms. The molecular weight excluding hydrogens is 520 g/mol. The summed E-state index contributed by atoms with van der Waals surface area (Å²) in [5.74, 6) is -2.01. The summed E-state index contributed by atoms with van der Waals surface area (Å²) in [7, 11) is 0. The Morgan fingerprint density at radius 3 is 2.51 bits per heavy atom.